The number of aromatic nitrogens is 1. The van der Waals surface area contributed by atoms with E-state index in [1.54, 1.807) is 32.4 Å². The molecule has 5 rings (SSSR count). The molecule has 2 aromatic heterocycles. The fourth-order valence-corrected chi connectivity index (χ4v) is 5.90. The number of thiophene rings is 1. The summed E-state index contributed by atoms with van der Waals surface area (Å²) in [4.78, 5) is 19.3. The maximum absolute atomic E-state index is 13.4. The van der Waals surface area contributed by atoms with Gasteiger partial charge in [-0.3, -0.25) is 4.79 Å². The minimum atomic E-state index is -0.397. The minimum Gasteiger partial charge on any atom is -0.493 e. The normalized spacial score (nSPS) is 11.0. The summed E-state index contributed by atoms with van der Waals surface area (Å²) < 4.78 is 11.0. The van der Waals surface area contributed by atoms with Gasteiger partial charge in [-0.1, -0.05) is 59.1 Å². The number of pyridine rings is 1. The van der Waals surface area contributed by atoms with Crippen LogP contribution >= 0.6 is 34.5 Å². The van der Waals surface area contributed by atoms with E-state index in [1.807, 2.05) is 24.3 Å². The highest BCUT2D eigenvalue weighted by molar-refractivity contribution is 7.21. The Morgan fingerprint density at radius 2 is 1.72 bits per heavy atom. The second-order valence-electron chi connectivity index (χ2n) is 9.02. The molecule has 39 heavy (non-hydrogen) atoms. The Labute approximate surface area is 240 Å². The van der Waals surface area contributed by atoms with Crippen molar-refractivity contribution in [2.45, 2.75) is 13.8 Å². The van der Waals surface area contributed by atoms with Crippen LogP contribution in [0.3, 0.4) is 0 Å². The first-order chi connectivity index (χ1) is 18.7. The highest BCUT2D eigenvalue weighted by Crippen LogP contribution is 2.44. The lowest BCUT2D eigenvalue weighted by atomic mass is 9.97. The molecule has 0 atom stereocenters. The number of methoxy groups -OCH3 is 2. The number of carbonyl (C=O) groups excluding carboxylic acids is 1. The summed E-state index contributed by atoms with van der Waals surface area (Å²) in [6.45, 7) is 4.11. The molecule has 0 radical (unpaired) electrons. The molecular weight excluding hydrogens is 553 g/mol. The Morgan fingerprint density at radius 1 is 0.949 bits per heavy atom. The van der Waals surface area contributed by atoms with Gasteiger partial charge in [-0.15, -0.1) is 11.3 Å². The van der Waals surface area contributed by atoms with Crippen molar-refractivity contribution >= 4 is 62.0 Å². The SMILES string of the molecule is COc1ccc(-c2cc(-c3ccc(C)cc3C)nc3sc(C(=O)Nc4cccc(Cl)c4Cl)c(N)c23)cc1OC. The first-order valence-electron chi connectivity index (χ1n) is 12.0. The van der Waals surface area contributed by atoms with Crippen LogP contribution in [0.4, 0.5) is 11.4 Å². The van der Waals surface area contributed by atoms with E-state index in [0.29, 0.717) is 43.0 Å². The number of hydrogen-bond acceptors (Lipinski definition) is 6. The molecule has 0 aliphatic heterocycles. The second kappa shape index (κ2) is 10.8. The molecule has 9 heteroatoms. The summed E-state index contributed by atoms with van der Waals surface area (Å²) in [6.07, 6.45) is 0. The molecule has 0 bridgehead atoms. The van der Waals surface area contributed by atoms with Crippen molar-refractivity contribution in [3.8, 4) is 33.9 Å². The Kier molecular flexibility index (Phi) is 7.40. The lowest BCUT2D eigenvalue weighted by Crippen LogP contribution is -2.12. The number of halogens is 2. The van der Waals surface area contributed by atoms with Crippen LogP contribution in [0, 0.1) is 13.8 Å². The Bertz CT molecular complexity index is 1750. The van der Waals surface area contributed by atoms with Crippen LogP contribution in [-0.4, -0.2) is 25.1 Å². The van der Waals surface area contributed by atoms with Gasteiger partial charge in [0.25, 0.3) is 5.91 Å². The molecule has 3 N–H and O–H groups in total. The van der Waals surface area contributed by atoms with Crippen LogP contribution in [-0.2, 0) is 0 Å². The number of nitrogens with zero attached hydrogens (tertiary/aromatic N) is 1. The average Bonchev–Trinajstić information content (AvgIpc) is 3.26. The van der Waals surface area contributed by atoms with Gasteiger partial charge in [-0.05, 0) is 60.9 Å². The summed E-state index contributed by atoms with van der Waals surface area (Å²) in [5.41, 5.74) is 13.1. The van der Waals surface area contributed by atoms with Crippen molar-refractivity contribution in [3.63, 3.8) is 0 Å². The number of nitrogens with two attached hydrogens (primary N) is 1. The van der Waals surface area contributed by atoms with Gasteiger partial charge in [0.15, 0.2) is 11.5 Å². The number of fused-ring (bicyclic) bond motifs is 1. The third-order valence-electron chi connectivity index (χ3n) is 6.46. The molecular formula is C30H25Cl2N3O3S. The number of anilines is 2. The molecule has 5 aromatic rings. The van der Waals surface area contributed by atoms with Crippen molar-refractivity contribution < 1.29 is 14.3 Å². The number of benzene rings is 3. The zero-order valence-corrected chi connectivity index (χ0v) is 24.0. The highest BCUT2D eigenvalue weighted by Gasteiger charge is 2.23. The number of carbonyl (C=O) groups is 1. The Balaban J connectivity index is 1.72. The molecule has 2 heterocycles. The maximum Gasteiger partial charge on any atom is 0.267 e. The van der Waals surface area contributed by atoms with Crippen LogP contribution in [0.15, 0.2) is 60.7 Å². The van der Waals surface area contributed by atoms with Crippen molar-refractivity contribution in [2.75, 3.05) is 25.3 Å². The molecule has 0 saturated carbocycles. The van der Waals surface area contributed by atoms with Gasteiger partial charge in [-0.25, -0.2) is 4.98 Å². The number of aryl methyl sites for hydroxylation is 2. The summed E-state index contributed by atoms with van der Waals surface area (Å²) in [6, 6.07) is 19.0. The topological polar surface area (TPSA) is 86.5 Å². The summed E-state index contributed by atoms with van der Waals surface area (Å²) in [7, 11) is 3.18. The molecule has 0 spiro atoms. The number of rotatable bonds is 6. The third kappa shape index (κ3) is 5.01. The van der Waals surface area contributed by atoms with Gasteiger partial charge in [-0.2, -0.15) is 0 Å². The third-order valence-corrected chi connectivity index (χ3v) is 8.37. The lowest BCUT2D eigenvalue weighted by Gasteiger charge is -2.13. The molecule has 6 nitrogen and oxygen atoms in total. The fourth-order valence-electron chi connectivity index (χ4n) is 4.54. The van der Waals surface area contributed by atoms with Gasteiger partial charge in [0.1, 0.15) is 9.71 Å². The first-order valence-corrected chi connectivity index (χ1v) is 13.6. The van der Waals surface area contributed by atoms with E-state index < -0.39 is 5.91 Å². The van der Waals surface area contributed by atoms with Crippen LogP contribution < -0.4 is 20.5 Å². The largest absolute Gasteiger partial charge is 0.493 e. The van der Waals surface area contributed by atoms with E-state index in [4.69, 9.17) is 43.4 Å². The van der Waals surface area contributed by atoms with Crippen molar-refractivity contribution in [1.82, 2.24) is 4.98 Å². The van der Waals surface area contributed by atoms with Crippen molar-refractivity contribution in [3.05, 3.63) is 86.7 Å². The van der Waals surface area contributed by atoms with Crippen LogP contribution in [0.25, 0.3) is 32.6 Å². The summed E-state index contributed by atoms with van der Waals surface area (Å²) in [5.74, 6) is 0.791. The van der Waals surface area contributed by atoms with Crippen LogP contribution in [0.2, 0.25) is 10.0 Å². The second-order valence-corrected chi connectivity index (χ2v) is 10.8. The number of ether oxygens (including phenoxy) is 2. The quantitative estimate of drug-likeness (QED) is 0.211. The Morgan fingerprint density at radius 3 is 2.44 bits per heavy atom. The van der Waals surface area contributed by atoms with E-state index in [1.165, 1.54) is 11.3 Å². The van der Waals surface area contributed by atoms with Gasteiger partial charge in [0.2, 0.25) is 0 Å². The van der Waals surface area contributed by atoms with E-state index >= 15 is 0 Å². The van der Waals surface area contributed by atoms with Gasteiger partial charge in [0.05, 0.1) is 41.3 Å². The first kappa shape index (κ1) is 26.8. The maximum atomic E-state index is 13.4. The van der Waals surface area contributed by atoms with Gasteiger partial charge >= 0.3 is 0 Å². The average molecular weight is 579 g/mol. The fraction of sp³-hybridized carbons (Fsp3) is 0.133. The lowest BCUT2D eigenvalue weighted by molar-refractivity contribution is 0.103. The molecule has 0 aliphatic rings. The molecule has 0 aliphatic carbocycles. The van der Waals surface area contributed by atoms with Crippen molar-refractivity contribution in [2.24, 2.45) is 0 Å². The Hall–Kier alpha value is -3.78. The predicted molar refractivity (Wildman–Crippen MR) is 162 cm³/mol. The van der Waals surface area contributed by atoms with Gasteiger partial charge < -0.3 is 20.5 Å². The number of nitrogen functional groups attached to an aromatic ring is 1. The highest BCUT2D eigenvalue weighted by atomic mass is 35.5. The van der Waals surface area contributed by atoms with E-state index in [-0.39, 0.29) is 5.02 Å². The van der Waals surface area contributed by atoms with E-state index in [9.17, 15) is 4.79 Å². The zero-order chi connectivity index (χ0) is 27.8. The zero-order valence-electron chi connectivity index (χ0n) is 21.7. The standard InChI is InChI=1S/C30H25Cl2N3O3S/c1-15-8-10-18(16(2)12-15)22-14-19(17-9-11-23(37-3)24(13-17)38-4)25-27(33)28(39-30(25)35-22)29(36)34-21-7-5-6-20(31)26(21)32/h5-14H,33H2,1-4H3,(H,34,36). The summed E-state index contributed by atoms with van der Waals surface area (Å²) >= 11 is 13.7. The molecule has 0 saturated heterocycles. The van der Waals surface area contributed by atoms with Crippen LogP contribution in [0.5, 0.6) is 11.5 Å². The minimum absolute atomic E-state index is 0.258. The molecule has 3 aromatic carbocycles. The molecule has 198 valence electrons. The van der Waals surface area contributed by atoms with E-state index in [0.717, 1.165) is 33.5 Å². The van der Waals surface area contributed by atoms with E-state index in [2.05, 4.69) is 37.4 Å². The number of hydrogen-bond donors (Lipinski definition) is 2. The number of amides is 1. The van der Waals surface area contributed by atoms with Gasteiger partial charge in [0, 0.05) is 10.9 Å². The number of nitrogens with one attached hydrogen (secondary N) is 1. The smallest absolute Gasteiger partial charge is 0.267 e. The van der Waals surface area contributed by atoms with Crippen molar-refractivity contribution in [1.29, 1.82) is 0 Å². The van der Waals surface area contributed by atoms with Crippen LogP contribution in [0.1, 0.15) is 20.8 Å². The molecule has 0 unspecified atom stereocenters. The monoisotopic (exact) mass is 577 g/mol. The predicted octanol–water partition coefficient (Wildman–Crippen LogP) is 8.41. The molecule has 0 fully saturated rings. The molecule has 1 amide bonds. The summed E-state index contributed by atoms with van der Waals surface area (Å²) in [5, 5.41) is 4.12.